The number of hydrogen-bond acceptors (Lipinski definition) is 1. The number of hydrogen-bond donors (Lipinski definition) is 0. The van der Waals surface area contributed by atoms with Crippen molar-refractivity contribution in [1.29, 1.82) is 0 Å². The monoisotopic (exact) mass is 178 g/mol. The Morgan fingerprint density at radius 2 is 2.38 bits per heavy atom. The van der Waals surface area contributed by atoms with E-state index in [1.165, 1.54) is 37.8 Å². The zero-order valence-electron chi connectivity index (χ0n) is 8.37. The highest BCUT2D eigenvalue weighted by Crippen LogP contribution is 2.29. The average molecular weight is 178 g/mol. The van der Waals surface area contributed by atoms with Crippen molar-refractivity contribution in [1.82, 2.24) is 9.78 Å². The van der Waals surface area contributed by atoms with E-state index in [1.807, 2.05) is 0 Å². The standard InChI is InChI=1S/C11H18N2/c1-2-7-13-8-6-11(12-13)9-10-4-3-5-10/h6,8,10H,2-5,7,9H2,1H3. The summed E-state index contributed by atoms with van der Waals surface area (Å²) in [5, 5.41) is 4.54. The molecule has 0 aliphatic heterocycles. The molecule has 0 atom stereocenters. The minimum Gasteiger partial charge on any atom is -0.273 e. The third kappa shape index (κ3) is 2.11. The van der Waals surface area contributed by atoms with Crippen LogP contribution in [0.3, 0.4) is 0 Å². The summed E-state index contributed by atoms with van der Waals surface area (Å²) >= 11 is 0. The number of aryl methyl sites for hydroxylation is 1. The van der Waals surface area contributed by atoms with E-state index in [0.29, 0.717) is 0 Å². The lowest BCUT2D eigenvalue weighted by Crippen LogP contribution is -2.14. The summed E-state index contributed by atoms with van der Waals surface area (Å²) in [5.74, 6) is 0.935. The second kappa shape index (κ2) is 3.95. The van der Waals surface area contributed by atoms with Crippen LogP contribution in [-0.2, 0) is 13.0 Å². The van der Waals surface area contributed by atoms with Gasteiger partial charge in [0.05, 0.1) is 5.69 Å². The van der Waals surface area contributed by atoms with Gasteiger partial charge in [-0.15, -0.1) is 0 Å². The molecule has 0 aromatic carbocycles. The molecule has 2 heteroatoms. The minimum absolute atomic E-state index is 0.935. The molecule has 2 rings (SSSR count). The van der Waals surface area contributed by atoms with Crippen LogP contribution >= 0.6 is 0 Å². The van der Waals surface area contributed by atoms with E-state index in [1.54, 1.807) is 0 Å². The van der Waals surface area contributed by atoms with Crippen molar-refractivity contribution in [2.24, 2.45) is 5.92 Å². The Bertz CT molecular complexity index is 261. The largest absolute Gasteiger partial charge is 0.273 e. The Morgan fingerprint density at radius 1 is 1.54 bits per heavy atom. The van der Waals surface area contributed by atoms with Gasteiger partial charge in [-0.3, -0.25) is 4.68 Å². The van der Waals surface area contributed by atoms with Gasteiger partial charge in [0.25, 0.3) is 0 Å². The molecule has 0 amide bonds. The summed E-state index contributed by atoms with van der Waals surface area (Å²) in [5.41, 5.74) is 1.29. The summed E-state index contributed by atoms with van der Waals surface area (Å²) in [6.07, 6.45) is 8.75. The molecule has 1 aromatic rings. The van der Waals surface area contributed by atoms with Gasteiger partial charge >= 0.3 is 0 Å². The third-order valence-corrected chi connectivity index (χ3v) is 2.87. The molecule has 1 heterocycles. The third-order valence-electron chi connectivity index (χ3n) is 2.87. The van der Waals surface area contributed by atoms with Gasteiger partial charge in [0.2, 0.25) is 0 Å². The molecule has 2 nitrogen and oxygen atoms in total. The molecule has 1 aliphatic carbocycles. The van der Waals surface area contributed by atoms with E-state index < -0.39 is 0 Å². The SMILES string of the molecule is CCCn1ccc(CC2CCC2)n1. The van der Waals surface area contributed by atoms with Gasteiger partial charge in [-0.05, 0) is 24.8 Å². The maximum atomic E-state index is 4.54. The van der Waals surface area contributed by atoms with Gasteiger partial charge in [-0.1, -0.05) is 26.2 Å². The maximum absolute atomic E-state index is 4.54. The first-order valence-electron chi connectivity index (χ1n) is 5.41. The molecule has 0 spiro atoms. The molecule has 0 bridgehead atoms. The molecule has 0 N–H and O–H groups in total. The molecule has 0 saturated heterocycles. The fraction of sp³-hybridized carbons (Fsp3) is 0.727. The van der Waals surface area contributed by atoms with Crippen molar-refractivity contribution in [3.63, 3.8) is 0 Å². The average Bonchev–Trinajstić information content (AvgIpc) is 2.46. The molecule has 0 radical (unpaired) electrons. The molecule has 13 heavy (non-hydrogen) atoms. The molecular formula is C11H18N2. The van der Waals surface area contributed by atoms with Crippen LogP contribution < -0.4 is 0 Å². The summed E-state index contributed by atoms with van der Waals surface area (Å²) in [7, 11) is 0. The topological polar surface area (TPSA) is 17.8 Å². The lowest BCUT2D eigenvalue weighted by atomic mass is 9.82. The van der Waals surface area contributed by atoms with Gasteiger partial charge in [0.15, 0.2) is 0 Å². The summed E-state index contributed by atoms with van der Waals surface area (Å²) < 4.78 is 2.06. The summed E-state index contributed by atoms with van der Waals surface area (Å²) in [4.78, 5) is 0. The van der Waals surface area contributed by atoms with Crippen molar-refractivity contribution in [3.8, 4) is 0 Å². The molecule has 72 valence electrons. The first kappa shape index (κ1) is 8.79. The first-order valence-corrected chi connectivity index (χ1v) is 5.41. The predicted octanol–water partition coefficient (Wildman–Crippen LogP) is 2.64. The highest BCUT2D eigenvalue weighted by Gasteiger charge is 2.18. The Hall–Kier alpha value is -0.790. The quantitative estimate of drug-likeness (QED) is 0.693. The first-order chi connectivity index (χ1) is 6.38. The highest BCUT2D eigenvalue weighted by molar-refractivity contribution is 5.01. The fourth-order valence-electron chi connectivity index (χ4n) is 1.86. The molecule has 1 aliphatic rings. The van der Waals surface area contributed by atoms with Gasteiger partial charge in [-0.25, -0.2) is 0 Å². The van der Waals surface area contributed by atoms with Crippen LogP contribution in [0.25, 0.3) is 0 Å². The van der Waals surface area contributed by atoms with Crippen LogP contribution in [0, 0.1) is 5.92 Å². The van der Waals surface area contributed by atoms with Crippen LogP contribution in [0.1, 0.15) is 38.3 Å². The minimum atomic E-state index is 0.935. The van der Waals surface area contributed by atoms with Crippen LogP contribution in [0.5, 0.6) is 0 Å². The van der Waals surface area contributed by atoms with Gasteiger partial charge < -0.3 is 0 Å². The molecule has 1 fully saturated rings. The molecule has 1 aromatic heterocycles. The van der Waals surface area contributed by atoms with E-state index in [-0.39, 0.29) is 0 Å². The van der Waals surface area contributed by atoms with Crippen LogP contribution in [0.2, 0.25) is 0 Å². The highest BCUT2D eigenvalue weighted by atomic mass is 15.3. The van der Waals surface area contributed by atoms with Crippen molar-refractivity contribution in [2.45, 2.75) is 45.6 Å². The Labute approximate surface area is 80.0 Å². The number of rotatable bonds is 4. The van der Waals surface area contributed by atoms with E-state index in [4.69, 9.17) is 0 Å². The normalized spacial score (nSPS) is 17.3. The van der Waals surface area contributed by atoms with Crippen LogP contribution in [0.15, 0.2) is 12.3 Å². The second-order valence-electron chi connectivity index (χ2n) is 4.07. The molecule has 1 saturated carbocycles. The fourth-order valence-corrected chi connectivity index (χ4v) is 1.86. The van der Waals surface area contributed by atoms with Gasteiger partial charge in [0.1, 0.15) is 0 Å². The second-order valence-corrected chi connectivity index (χ2v) is 4.07. The molecule has 0 unspecified atom stereocenters. The van der Waals surface area contributed by atoms with Crippen LogP contribution in [-0.4, -0.2) is 9.78 Å². The van der Waals surface area contributed by atoms with E-state index in [9.17, 15) is 0 Å². The smallest absolute Gasteiger partial charge is 0.0627 e. The zero-order chi connectivity index (χ0) is 9.10. The van der Waals surface area contributed by atoms with Crippen molar-refractivity contribution >= 4 is 0 Å². The zero-order valence-corrected chi connectivity index (χ0v) is 8.37. The molecular weight excluding hydrogens is 160 g/mol. The van der Waals surface area contributed by atoms with E-state index >= 15 is 0 Å². The number of nitrogens with zero attached hydrogens (tertiary/aromatic N) is 2. The predicted molar refractivity (Wildman–Crippen MR) is 53.6 cm³/mol. The van der Waals surface area contributed by atoms with Gasteiger partial charge in [0, 0.05) is 12.7 Å². The number of aromatic nitrogens is 2. The lowest BCUT2D eigenvalue weighted by Gasteiger charge is -2.24. The maximum Gasteiger partial charge on any atom is 0.0627 e. The summed E-state index contributed by atoms with van der Waals surface area (Å²) in [6.45, 7) is 3.25. The van der Waals surface area contributed by atoms with Crippen LogP contribution in [0.4, 0.5) is 0 Å². The Balaban J connectivity index is 1.88. The van der Waals surface area contributed by atoms with E-state index in [2.05, 4.69) is 29.0 Å². The van der Waals surface area contributed by atoms with E-state index in [0.717, 1.165) is 12.5 Å². The van der Waals surface area contributed by atoms with Crippen molar-refractivity contribution < 1.29 is 0 Å². The summed E-state index contributed by atoms with van der Waals surface area (Å²) in [6, 6.07) is 2.17. The Morgan fingerprint density at radius 3 is 3.00 bits per heavy atom. The Kier molecular flexibility index (Phi) is 2.67. The lowest BCUT2D eigenvalue weighted by molar-refractivity contribution is 0.311. The van der Waals surface area contributed by atoms with Crippen molar-refractivity contribution in [2.75, 3.05) is 0 Å². The van der Waals surface area contributed by atoms with Gasteiger partial charge in [-0.2, -0.15) is 5.10 Å². The van der Waals surface area contributed by atoms with Crippen molar-refractivity contribution in [3.05, 3.63) is 18.0 Å².